The molecule has 1 unspecified atom stereocenters. The zero-order valence-electron chi connectivity index (χ0n) is 25.6. The summed E-state index contributed by atoms with van der Waals surface area (Å²) in [4.78, 5) is 29.9. The van der Waals surface area contributed by atoms with Crippen LogP contribution in [0.15, 0.2) is 82.7 Å². The number of fused-ring (bicyclic) bond motifs is 1. The Bertz CT molecular complexity index is 2080. The van der Waals surface area contributed by atoms with Crippen molar-refractivity contribution in [3.63, 3.8) is 0 Å². The molecule has 0 bridgehead atoms. The Balaban J connectivity index is 1.89. The molecule has 0 fully saturated rings. The molecule has 0 radical (unpaired) electrons. The number of carbonyl (C=O) groups is 2. The number of anilines is 2. The topological polar surface area (TPSA) is 168 Å². The molecule has 0 aromatic heterocycles. The van der Waals surface area contributed by atoms with Gasteiger partial charge in [-0.3, -0.25) is 0 Å². The third kappa shape index (κ3) is 7.82. The highest BCUT2D eigenvalue weighted by atomic mass is 35.5. The number of carbonyl (C=O) groups excluding carboxylic acids is 2. The van der Waals surface area contributed by atoms with Crippen molar-refractivity contribution in [2.24, 2.45) is 4.99 Å². The molecule has 4 aromatic rings. The van der Waals surface area contributed by atoms with Gasteiger partial charge in [-0.05, 0) is 86.6 Å². The van der Waals surface area contributed by atoms with Crippen LogP contribution >= 0.6 is 46.4 Å². The molecule has 0 saturated carbocycles. The average Bonchev–Trinajstić information content (AvgIpc) is 3.03. The van der Waals surface area contributed by atoms with E-state index in [0.29, 0.717) is 5.69 Å². The number of rotatable bonds is 9. The van der Waals surface area contributed by atoms with E-state index in [9.17, 15) is 18.0 Å². The van der Waals surface area contributed by atoms with Crippen LogP contribution in [0.2, 0.25) is 20.1 Å². The molecule has 0 amide bonds. The number of ether oxygens (including phenoxy) is 4. The summed E-state index contributed by atoms with van der Waals surface area (Å²) in [6.07, 6.45) is -2.16. The Hall–Kier alpha value is -4.24. The van der Waals surface area contributed by atoms with E-state index < -0.39 is 28.0 Å². The van der Waals surface area contributed by atoms with Gasteiger partial charge in [0.2, 0.25) is 10.0 Å². The minimum Gasteiger partial charge on any atom is -0.434 e. The standard InChI is InChI=1S/C32H26Cl4N4O8S/c1-3-45-30(41)47-27-11-5-17(33)13-21(27)29-32(39-26-16-24(36)23(35)15-25(26)38-29,40-49(43,44)20-9-7-19(37)8-10-20)22-14-18(34)6-12-28(22)48-31(42)46-4-2/h5-16,39-40H,3-4,37H2,1-2H3. The van der Waals surface area contributed by atoms with Crippen molar-refractivity contribution >= 4 is 91.5 Å². The van der Waals surface area contributed by atoms with Crippen molar-refractivity contribution in [3.8, 4) is 11.5 Å². The van der Waals surface area contributed by atoms with Gasteiger partial charge in [-0.1, -0.05) is 46.4 Å². The van der Waals surface area contributed by atoms with Crippen molar-refractivity contribution in [2.45, 2.75) is 24.4 Å². The number of hydrogen-bond donors (Lipinski definition) is 3. The quantitative estimate of drug-likeness (QED) is 0.0856. The molecule has 0 saturated heterocycles. The highest BCUT2D eigenvalue weighted by Crippen LogP contribution is 2.47. The Morgan fingerprint density at radius 2 is 1.39 bits per heavy atom. The maximum Gasteiger partial charge on any atom is 0.513 e. The molecule has 4 N–H and O–H groups in total. The van der Waals surface area contributed by atoms with Crippen LogP contribution < -0.4 is 25.2 Å². The SMILES string of the molecule is CCOC(=O)Oc1ccc(Cl)cc1C1=Nc2cc(Cl)c(Cl)cc2NC1(NS(=O)(=O)c1ccc(N)cc1)c1cc(Cl)ccc1OC(=O)OCC. The number of nitrogens with one attached hydrogen (secondary N) is 2. The Morgan fingerprint density at radius 1 is 0.816 bits per heavy atom. The van der Waals surface area contributed by atoms with Crippen molar-refractivity contribution in [2.75, 3.05) is 24.3 Å². The summed E-state index contributed by atoms with van der Waals surface area (Å²) in [5, 5.41) is 3.67. The van der Waals surface area contributed by atoms with Crippen molar-refractivity contribution in [3.05, 3.63) is 104 Å². The number of sulfonamides is 1. The molecule has 1 atom stereocenters. The number of nitrogens with two attached hydrogens (primary N) is 1. The molecule has 1 heterocycles. The second-order valence-electron chi connectivity index (χ2n) is 10.1. The van der Waals surface area contributed by atoms with E-state index in [1.54, 1.807) is 13.8 Å². The lowest BCUT2D eigenvalue weighted by atomic mass is 9.87. The van der Waals surface area contributed by atoms with E-state index in [-0.39, 0.29) is 77.9 Å². The molecule has 17 heteroatoms. The first-order chi connectivity index (χ1) is 23.3. The summed E-state index contributed by atoms with van der Waals surface area (Å²) in [7, 11) is -4.56. The van der Waals surface area contributed by atoms with Crippen molar-refractivity contribution < 1.29 is 37.0 Å². The summed E-state index contributed by atoms with van der Waals surface area (Å²) in [5.41, 5.74) is 4.07. The minimum absolute atomic E-state index is 0.000703. The maximum atomic E-state index is 14.3. The van der Waals surface area contributed by atoms with Gasteiger partial charge >= 0.3 is 12.3 Å². The van der Waals surface area contributed by atoms with Crippen LogP contribution in [0.25, 0.3) is 0 Å². The lowest BCUT2D eigenvalue weighted by Crippen LogP contribution is -2.58. The van der Waals surface area contributed by atoms with Gasteiger partial charge in [0.25, 0.3) is 0 Å². The van der Waals surface area contributed by atoms with E-state index in [1.165, 1.54) is 72.8 Å². The average molecular weight is 768 g/mol. The number of benzene rings is 4. The first-order valence-corrected chi connectivity index (χ1v) is 17.3. The van der Waals surface area contributed by atoms with Gasteiger partial charge in [0.15, 0.2) is 5.66 Å². The zero-order chi connectivity index (χ0) is 35.5. The maximum absolute atomic E-state index is 14.3. The fourth-order valence-electron chi connectivity index (χ4n) is 4.82. The smallest absolute Gasteiger partial charge is 0.434 e. The molecule has 0 spiro atoms. The first kappa shape index (κ1) is 36.1. The predicted octanol–water partition coefficient (Wildman–Crippen LogP) is 8.33. The van der Waals surface area contributed by atoms with Crippen LogP contribution in [-0.2, 0) is 25.2 Å². The fourth-order valence-corrected chi connectivity index (χ4v) is 6.76. The minimum atomic E-state index is -4.56. The Morgan fingerprint density at radius 3 is 2.02 bits per heavy atom. The zero-order valence-corrected chi connectivity index (χ0v) is 29.4. The van der Waals surface area contributed by atoms with Crippen LogP contribution in [0, 0.1) is 0 Å². The Labute approximate surface area is 301 Å². The molecule has 5 rings (SSSR count). The number of aliphatic imine (C=N–C) groups is 1. The van der Waals surface area contributed by atoms with Crippen LogP contribution in [-0.4, -0.2) is 39.7 Å². The van der Waals surface area contributed by atoms with Crippen molar-refractivity contribution in [1.82, 2.24) is 4.72 Å². The van der Waals surface area contributed by atoms with Gasteiger partial charge in [0, 0.05) is 26.9 Å². The Kier molecular flexibility index (Phi) is 10.8. The number of hydrogen-bond acceptors (Lipinski definition) is 11. The lowest BCUT2D eigenvalue weighted by Gasteiger charge is -2.41. The molecular formula is C32H26Cl4N4O8S. The van der Waals surface area contributed by atoms with Crippen LogP contribution in [0.4, 0.5) is 26.7 Å². The van der Waals surface area contributed by atoms with Crippen LogP contribution in [0.5, 0.6) is 11.5 Å². The number of nitrogen functional groups attached to an aromatic ring is 1. The lowest BCUT2D eigenvalue weighted by molar-refractivity contribution is 0.102. The second kappa shape index (κ2) is 14.7. The fraction of sp³-hybridized carbons (Fsp3) is 0.156. The summed E-state index contributed by atoms with van der Waals surface area (Å²) in [6, 6.07) is 16.6. The van der Waals surface area contributed by atoms with Gasteiger partial charge < -0.3 is 30.0 Å². The number of halogens is 4. The van der Waals surface area contributed by atoms with Gasteiger partial charge in [-0.2, -0.15) is 4.72 Å². The van der Waals surface area contributed by atoms with Gasteiger partial charge in [-0.25, -0.2) is 23.0 Å². The van der Waals surface area contributed by atoms with Gasteiger partial charge in [-0.15, -0.1) is 0 Å². The number of nitrogens with zero attached hydrogens (tertiary/aromatic N) is 1. The molecule has 0 aliphatic carbocycles. The van der Waals surface area contributed by atoms with E-state index in [0.717, 1.165) is 0 Å². The predicted molar refractivity (Wildman–Crippen MR) is 187 cm³/mol. The molecule has 49 heavy (non-hydrogen) atoms. The summed E-state index contributed by atoms with van der Waals surface area (Å²) >= 11 is 25.8. The molecule has 1 aliphatic rings. The first-order valence-electron chi connectivity index (χ1n) is 14.3. The van der Waals surface area contributed by atoms with E-state index >= 15 is 0 Å². The van der Waals surface area contributed by atoms with E-state index in [1.807, 2.05) is 0 Å². The largest absolute Gasteiger partial charge is 0.513 e. The van der Waals surface area contributed by atoms with E-state index in [4.69, 9.17) is 76.1 Å². The van der Waals surface area contributed by atoms with Crippen LogP contribution in [0.1, 0.15) is 25.0 Å². The monoisotopic (exact) mass is 766 g/mol. The molecule has 12 nitrogen and oxygen atoms in total. The normalized spacial score (nSPS) is 15.3. The summed E-state index contributed by atoms with van der Waals surface area (Å²) in [6.45, 7) is 3.15. The summed E-state index contributed by atoms with van der Waals surface area (Å²) < 4.78 is 52.5. The highest BCUT2D eigenvalue weighted by molar-refractivity contribution is 7.89. The van der Waals surface area contributed by atoms with Gasteiger partial charge in [0.1, 0.15) is 11.5 Å². The molecule has 4 aromatic carbocycles. The third-order valence-electron chi connectivity index (χ3n) is 6.88. The molecule has 1 aliphatic heterocycles. The second-order valence-corrected chi connectivity index (χ2v) is 13.5. The van der Waals surface area contributed by atoms with Crippen LogP contribution in [0.3, 0.4) is 0 Å². The third-order valence-corrected chi connectivity index (χ3v) is 9.54. The summed E-state index contributed by atoms with van der Waals surface area (Å²) in [5.74, 6) is -0.320. The van der Waals surface area contributed by atoms with Gasteiger partial charge in [0.05, 0.1) is 45.2 Å². The molecular weight excluding hydrogens is 742 g/mol. The van der Waals surface area contributed by atoms with Crippen molar-refractivity contribution in [1.29, 1.82) is 0 Å². The van der Waals surface area contributed by atoms with E-state index in [2.05, 4.69) is 10.0 Å². The highest BCUT2D eigenvalue weighted by Gasteiger charge is 2.49. The molecule has 256 valence electrons.